The topological polar surface area (TPSA) is 46.6 Å². The van der Waals surface area contributed by atoms with Crippen LogP contribution in [0, 0.1) is 5.92 Å². The zero-order valence-corrected chi connectivity index (χ0v) is 10.5. The quantitative estimate of drug-likeness (QED) is 0.678. The van der Waals surface area contributed by atoms with E-state index in [0.29, 0.717) is 0 Å². The first-order valence-corrected chi connectivity index (χ1v) is 5.61. The van der Waals surface area contributed by atoms with Crippen molar-refractivity contribution < 1.29 is 27.5 Å². The van der Waals surface area contributed by atoms with Crippen LogP contribution in [-0.4, -0.2) is 35.2 Å². The number of likely N-dealkylation sites (tertiary alicyclic amines) is 1. The lowest BCUT2D eigenvalue weighted by Gasteiger charge is -2.32. The van der Waals surface area contributed by atoms with E-state index in [0.717, 1.165) is 4.90 Å². The van der Waals surface area contributed by atoms with Crippen molar-refractivity contribution in [1.29, 1.82) is 0 Å². The number of piperidine rings is 1. The van der Waals surface area contributed by atoms with Crippen molar-refractivity contribution in [3.05, 3.63) is 0 Å². The number of rotatable bonds is 0. The third-order valence-electron chi connectivity index (χ3n) is 2.50. The molecule has 7 heteroatoms. The van der Waals surface area contributed by atoms with Crippen LogP contribution in [0.5, 0.6) is 0 Å². The van der Waals surface area contributed by atoms with Crippen molar-refractivity contribution >= 4 is 12.0 Å². The van der Waals surface area contributed by atoms with Crippen LogP contribution in [-0.2, 0) is 9.53 Å². The van der Waals surface area contributed by atoms with Crippen molar-refractivity contribution in [3.8, 4) is 0 Å². The number of halogens is 3. The standard InChI is InChI=1S/C11H16F3NO3/c1-10(2,3)18-9(17)15-5-4-7(6-8(15)16)11(12,13)14/h7H,4-6H2,1-3H3. The smallest absolute Gasteiger partial charge is 0.417 e. The van der Waals surface area contributed by atoms with E-state index >= 15 is 0 Å². The third kappa shape index (κ3) is 3.89. The van der Waals surface area contributed by atoms with E-state index < -0.39 is 36.1 Å². The number of hydrogen-bond donors (Lipinski definition) is 0. The van der Waals surface area contributed by atoms with E-state index in [4.69, 9.17) is 4.74 Å². The molecule has 0 saturated carbocycles. The summed E-state index contributed by atoms with van der Waals surface area (Å²) in [6.45, 7) is 4.62. The average molecular weight is 267 g/mol. The largest absolute Gasteiger partial charge is 0.443 e. The minimum Gasteiger partial charge on any atom is -0.443 e. The van der Waals surface area contributed by atoms with Gasteiger partial charge in [0.2, 0.25) is 5.91 Å². The van der Waals surface area contributed by atoms with Gasteiger partial charge in [0.25, 0.3) is 0 Å². The summed E-state index contributed by atoms with van der Waals surface area (Å²) in [6, 6.07) is 0. The van der Waals surface area contributed by atoms with Gasteiger partial charge in [-0.25, -0.2) is 9.69 Å². The molecule has 18 heavy (non-hydrogen) atoms. The summed E-state index contributed by atoms with van der Waals surface area (Å²) < 4.78 is 42.2. The highest BCUT2D eigenvalue weighted by Crippen LogP contribution is 2.34. The van der Waals surface area contributed by atoms with Gasteiger partial charge in [0.15, 0.2) is 0 Å². The second-order valence-electron chi connectivity index (χ2n) is 5.26. The first-order valence-electron chi connectivity index (χ1n) is 5.61. The van der Waals surface area contributed by atoms with E-state index in [9.17, 15) is 22.8 Å². The van der Waals surface area contributed by atoms with Gasteiger partial charge >= 0.3 is 12.3 Å². The van der Waals surface area contributed by atoms with Gasteiger partial charge in [-0.3, -0.25) is 4.79 Å². The molecule has 1 aliphatic heterocycles. The van der Waals surface area contributed by atoms with Crippen LogP contribution in [0.4, 0.5) is 18.0 Å². The van der Waals surface area contributed by atoms with Crippen LogP contribution in [0.2, 0.25) is 0 Å². The number of imide groups is 1. The van der Waals surface area contributed by atoms with Gasteiger partial charge in [-0.2, -0.15) is 13.2 Å². The number of carbonyl (C=O) groups excluding carboxylic acids is 2. The SMILES string of the molecule is CC(C)(C)OC(=O)N1CCC(C(F)(F)F)CC1=O. The van der Waals surface area contributed by atoms with Crippen molar-refractivity contribution in [3.63, 3.8) is 0 Å². The second-order valence-corrected chi connectivity index (χ2v) is 5.26. The molecule has 0 aromatic heterocycles. The normalized spacial score (nSPS) is 22.0. The maximum Gasteiger partial charge on any atom is 0.417 e. The Kier molecular flexibility index (Phi) is 3.92. The number of ether oxygens (including phenoxy) is 1. The van der Waals surface area contributed by atoms with Crippen molar-refractivity contribution in [2.45, 2.75) is 45.4 Å². The Bertz CT molecular complexity index is 346. The molecule has 1 rings (SSSR count). The number of carbonyl (C=O) groups is 2. The highest BCUT2D eigenvalue weighted by Gasteiger charge is 2.45. The molecular formula is C11H16F3NO3. The molecule has 0 aromatic carbocycles. The summed E-state index contributed by atoms with van der Waals surface area (Å²) in [6.07, 6.45) is -6.24. The molecule has 0 bridgehead atoms. The first-order chi connectivity index (χ1) is 8.00. The van der Waals surface area contributed by atoms with Gasteiger partial charge < -0.3 is 4.74 Å². The molecule has 0 aliphatic carbocycles. The molecule has 1 fully saturated rings. The lowest BCUT2D eigenvalue weighted by atomic mass is 9.96. The number of amides is 2. The lowest BCUT2D eigenvalue weighted by Crippen LogP contribution is -2.47. The minimum atomic E-state index is -4.39. The lowest BCUT2D eigenvalue weighted by molar-refractivity contribution is -0.188. The fraction of sp³-hybridized carbons (Fsp3) is 0.818. The first kappa shape index (κ1) is 14.8. The zero-order chi connectivity index (χ0) is 14.1. The Morgan fingerprint density at radius 2 is 1.89 bits per heavy atom. The Balaban J connectivity index is 2.63. The molecule has 1 aliphatic rings. The molecule has 2 amide bonds. The summed E-state index contributed by atoms with van der Waals surface area (Å²) >= 11 is 0. The summed E-state index contributed by atoms with van der Waals surface area (Å²) in [4.78, 5) is 23.8. The van der Waals surface area contributed by atoms with Gasteiger partial charge in [0, 0.05) is 13.0 Å². The molecule has 0 aromatic rings. The van der Waals surface area contributed by atoms with Gasteiger partial charge in [-0.05, 0) is 27.2 Å². The van der Waals surface area contributed by atoms with Gasteiger partial charge in [0.05, 0.1) is 5.92 Å². The van der Waals surface area contributed by atoms with Crippen LogP contribution >= 0.6 is 0 Å². The molecule has 1 unspecified atom stereocenters. The van der Waals surface area contributed by atoms with Gasteiger partial charge in [-0.1, -0.05) is 0 Å². The van der Waals surface area contributed by atoms with Crippen LogP contribution in [0.15, 0.2) is 0 Å². The molecule has 0 radical (unpaired) electrons. The molecule has 1 heterocycles. The highest BCUT2D eigenvalue weighted by molar-refractivity contribution is 5.92. The average Bonchev–Trinajstić information content (AvgIpc) is 2.12. The van der Waals surface area contributed by atoms with Crippen molar-refractivity contribution in [2.24, 2.45) is 5.92 Å². The monoisotopic (exact) mass is 267 g/mol. The Morgan fingerprint density at radius 3 is 2.28 bits per heavy atom. The van der Waals surface area contributed by atoms with Crippen molar-refractivity contribution in [2.75, 3.05) is 6.54 Å². The van der Waals surface area contributed by atoms with Crippen LogP contribution in [0.3, 0.4) is 0 Å². The number of hydrogen-bond acceptors (Lipinski definition) is 3. The summed E-state index contributed by atoms with van der Waals surface area (Å²) in [7, 11) is 0. The van der Waals surface area contributed by atoms with Crippen molar-refractivity contribution in [1.82, 2.24) is 4.90 Å². The zero-order valence-electron chi connectivity index (χ0n) is 10.5. The number of nitrogens with zero attached hydrogens (tertiary/aromatic N) is 1. The highest BCUT2D eigenvalue weighted by atomic mass is 19.4. The van der Waals surface area contributed by atoms with E-state index in [-0.39, 0.29) is 13.0 Å². The fourth-order valence-corrected chi connectivity index (χ4v) is 1.62. The van der Waals surface area contributed by atoms with E-state index in [2.05, 4.69) is 0 Å². The molecule has 0 spiro atoms. The maximum atomic E-state index is 12.4. The molecule has 1 saturated heterocycles. The predicted octanol–water partition coefficient (Wildman–Crippen LogP) is 2.72. The molecule has 104 valence electrons. The molecular weight excluding hydrogens is 251 g/mol. The Morgan fingerprint density at radius 1 is 1.33 bits per heavy atom. The molecule has 1 atom stereocenters. The maximum absolute atomic E-state index is 12.4. The Labute approximate surface area is 103 Å². The van der Waals surface area contributed by atoms with Crippen LogP contribution < -0.4 is 0 Å². The van der Waals surface area contributed by atoms with E-state index in [1.165, 1.54) is 0 Å². The third-order valence-corrected chi connectivity index (χ3v) is 2.50. The second kappa shape index (κ2) is 4.78. The Hall–Kier alpha value is -1.27. The van der Waals surface area contributed by atoms with Gasteiger partial charge in [0.1, 0.15) is 5.60 Å². The summed E-state index contributed by atoms with van der Waals surface area (Å²) in [5.41, 5.74) is -0.780. The van der Waals surface area contributed by atoms with Crippen LogP contribution in [0.25, 0.3) is 0 Å². The molecule has 0 N–H and O–H groups in total. The predicted molar refractivity (Wildman–Crippen MR) is 56.7 cm³/mol. The number of alkyl halides is 3. The van der Waals surface area contributed by atoms with Crippen LogP contribution in [0.1, 0.15) is 33.6 Å². The summed E-state index contributed by atoms with van der Waals surface area (Å²) in [5, 5.41) is 0. The minimum absolute atomic E-state index is 0.252. The fourth-order valence-electron chi connectivity index (χ4n) is 1.62. The molecule has 4 nitrogen and oxygen atoms in total. The van der Waals surface area contributed by atoms with E-state index in [1.54, 1.807) is 20.8 Å². The summed E-state index contributed by atoms with van der Waals surface area (Å²) in [5.74, 6) is -2.50. The van der Waals surface area contributed by atoms with E-state index in [1.807, 2.05) is 0 Å². The van der Waals surface area contributed by atoms with Gasteiger partial charge in [-0.15, -0.1) is 0 Å².